The molecule has 21 heavy (non-hydrogen) atoms. The first kappa shape index (κ1) is 16.9. The normalized spacial score (nSPS) is 10.6. The van der Waals surface area contributed by atoms with Gasteiger partial charge in [-0.2, -0.15) is 0 Å². The summed E-state index contributed by atoms with van der Waals surface area (Å²) in [6.07, 6.45) is 5.13. The standard InChI is InChI=1S/C17H17N.C3H8/c1-4-14(5-2)17-12-16(11-13(3)18-17)15-9-7-6-8-10-15;1-3-2/h4-12H,1H2,2-3H3;3H2,1-2H3/b14-5+;. The molecule has 0 saturated heterocycles. The van der Waals surface area contributed by atoms with E-state index >= 15 is 0 Å². The number of aryl methyl sites for hydroxylation is 1. The SMILES string of the molecule is C=C/C(=C\C)c1cc(-c2ccccc2)cc(C)n1.CCC. The second-order valence-electron chi connectivity index (χ2n) is 4.90. The molecule has 0 bridgehead atoms. The third-order valence-corrected chi connectivity index (χ3v) is 2.89. The Hall–Kier alpha value is -2.15. The lowest BCUT2D eigenvalue weighted by molar-refractivity contribution is 1.09. The summed E-state index contributed by atoms with van der Waals surface area (Å²) >= 11 is 0. The van der Waals surface area contributed by atoms with Crippen LogP contribution < -0.4 is 0 Å². The molecule has 0 aliphatic carbocycles. The van der Waals surface area contributed by atoms with Crippen LogP contribution in [0, 0.1) is 6.92 Å². The number of benzene rings is 1. The minimum atomic E-state index is 0.978. The van der Waals surface area contributed by atoms with Crippen molar-refractivity contribution in [2.75, 3.05) is 0 Å². The molecule has 0 spiro atoms. The second-order valence-corrected chi connectivity index (χ2v) is 4.90. The molecule has 0 N–H and O–H groups in total. The average Bonchev–Trinajstić information content (AvgIpc) is 2.50. The lowest BCUT2D eigenvalue weighted by Gasteiger charge is -2.07. The Bertz CT molecular complexity index is 594. The Morgan fingerprint density at radius 1 is 1.10 bits per heavy atom. The molecule has 0 radical (unpaired) electrons. The Morgan fingerprint density at radius 3 is 2.24 bits per heavy atom. The van der Waals surface area contributed by atoms with Crippen molar-refractivity contribution in [3.05, 3.63) is 72.6 Å². The van der Waals surface area contributed by atoms with Gasteiger partial charge in [0.1, 0.15) is 0 Å². The van der Waals surface area contributed by atoms with Crippen LogP contribution in [0.2, 0.25) is 0 Å². The van der Waals surface area contributed by atoms with E-state index in [0.717, 1.165) is 17.0 Å². The summed E-state index contributed by atoms with van der Waals surface area (Å²) in [6, 6.07) is 14.6. The van der Waals surface area contributed by atoms with Crippen molar-refractivity contribution < 1.29 is 0 Å². The number of allylic oxidation sites excluding steroid dienone is 3. The van der Waals surface area contributed by atoms with Gasteiger partial charge in [-0.1, -0.05) is 69.3 Å². The van der Waals surface area contributed by atoms with Crippen molar-refractivity contribution in [3.63, 3.8) is 0 Å². The lowest BCUT2D eigenvalue weighted by Crippen LogP contribution is -1.92. The van der Waals surface area contributed by atoms with Crippen LogP contribution in [0.25, 0.3) is 16.7 Å². The van der Waals surface area contributed by atoms with Crippen molar-refractivity contribution in [1.29, 1.82) is 0 Å². The third-order valence-electron chi connectivity index (χ3n) is 2.89. The maximum atomic E-state index is 4.56. The van der Waals surface area contributed by atoms with Gasteiger partial charge in [0.2, 0.25) is 0 Å². The highest BCUT2D eigenvalue weighted by molar-refractivity contribution is 5.75. The molecule has 0 fully saturated rings. The fourth-order valence-electron chi connectivity index (χ4n) is 1.98. The first-order valence-corrected chi connectivity index (χ1v) is 7.49. The molecule has 1 aromatic heterocycles. The molecule has 110 valence electrons. The molecule has 0 aliphatic rings. The smallest absolute Gasteiger partial charge is 0.0707 e. The highest BCUT2D eigenvalue weighted by atomic mass is 14.7. The zero-order valence-electron chi connectivity index (χ0n) is 13.6. The van der Waals surface area contributed by atoms with Crippen LogP contribution in [0.3, 0.4) is 0 Å². The third kappa shape index (κ3) is 5.03. The van der Waals surface area contributed by atoms with Crippen molar-refractivity contribution in [1.82, 2.24) is 4.98 Å². The molecule has 1 heteroatoms. The number of aromatic nitrogens is 1. The van der Waals surface area contributed by atoms with E-state index in [1.54, 1.807) is 0 Å². The lowest BCUT2D eigenvalue weighted by atomic mass is 10.0. The van der Waals surface area contributed by atoms with Crippen molar-refractivity contribution >= 4 is 5.57 Å². The maximum Gasteiger partial charge on any atom is 0.0707 e. The van der Waals surface area contributed by atoms with Crippen LogP contribution in [-0.2, 0) is 0 Å². The Kier molecular flexibility index (Phi) is 7.17. The minimum Gasteiger partial charge on any atom is -0.253 e. The molecule has 1 aromatic carbocycles. The van der Waals surface area contributed by atoms with E-state index in [-0.39, 0.29) is 0 Å². The molecule has 1 nitrogen and oxygen atoms in total. The fraction of sp³-hybridized carbons (Fsp3) is 0.250. The summed E-state index contributed by atoms with van der Waals surface area (Å²) in [4.78, 5) is 4.56. The molecule has 0 atom stereocenters. The van der Waals surface area contributed by atoms with Crippen LogP contribution in [-0.4, -0.2) is 4.98 Å². The van der Waals surface area contributed by atoms with Crippen LogP contribution in [0.1, 0.15) is 38.6 Å². The van der Waals surface area contributed by atoms with Crippen LogP contribution >= 0.6 is 0 Å². The van der Waals surface area contributed by atoms with Crippen molar-refractivity contribution in [2.45, 2.75) is 34.1 Å². The first-order valence-electron chi connectivity index (χ1n) is 7.49. The Morgan fingerprint density at radius 2 is 1.71 bits per heavy atom. The number of hydrogen-bond acceptors (Lipinski definition) is 1. The monoisotopic (exact) mass is 279 g/mol. The summed E-state index contributed by atoms with van der Waals surface area (Å²) in [5, 5.41) is 0. The molecule has 0 amide bonds. The highest BCUT2D eigenvalue weighted by Gasteiger charge is 2.04. The summed E-state index contributed by atoms with van der Waals surface area (Å²) in [6.45, 7) is 12.1. The van der Waals surface area contributed by atoms with E-state index in [4.69, 9.17) is 0 Å². The van der Waals surface area contributed by atoms with E-state index < -0.39 is 0 Å². The number of rotatable bonds is 3. The van der Waals surface area contributed by atoms with Gasteiger partial charge >= 0.3 is 0 Å². The predicted octanol–water partition coefficient (Wildman–Crippen LogP) is 6.06. The number of pyridine rings is 1. The van der Waals surface area contributed by atoms with Gasteiger partial charge in [-0.25, -0.2) is 0 Å². The van der Waals surface area contributed by atoms with Gasteiger partial charge in [-0.3, -0.25) is 4.98 Å². The zero-order valence-corrected chi connectivity index (χ0v) is 13.6. The predicted molar refractivity (Wildman–Crippen MR) is 94.2 cm³/mol. The van der Waals surface area contributed by atoms with E-state index in [0.29, 0.717) is 0 Å². The molecular weight excluding hydrogens is 254 g/mol. The maximum absolute atomic E-state index is 4.56. The largest absolute Gasteiger partial charge is 0.253 e. The van der Waals surface area contributed by atoms with Crippen molar-refractivity contribution in [3.8, 4) is 11.1 Å². The second kappa shape index (κ2) is 8.91. The highest BCUT2D eigenvalue weighted by Crippen LogP contribution is 2.23. The molecule has 2 aromatic rings. The van der Waals surface area contributed by atoms with Gasteiger partial charge in [0.05, 0.1) is 5.69 Å². The number of nitrogens with zero attached hydrogens (tertiary/aromatic N) is 1. The average molecular weight is 279 g/mol. The summed E-state index contributed by atoms with van der Waals surface area (Å²) in [5.41, 5.74) is 5.47. The molecule has 0 aliphatic heterocycles. The van der Waals surface area contributed by atoms with Crippen LogP contribution in [0.4, 0.5) is 0 Å². The van der Waals surface area contributed by atoms with Crippen molar-refractivity contribution in [2.24, 2.45) is 0 Å². The fourth-order valence-corrected chi connectivity index (χ4v) is 1.98. The van der Waals surface area contributed by atoms with E-state index in [9.17, 15) is 0 Å². The van der Waals surface area contributed by atoms with Crippen LogP contribution in [0.15, 0.2) is 61.2 Å². The molecule has 0 saturated carbocycles. The molecule has 1 heterocycles. The Balaban J connectivity index is 0.000000677. The van der Waals surface area contributed by atoms with Gasteiger partial charge < -0.3 is 0 Å². The van der Waals surface area contributed by atoms with E-state index in [1.807, 2.05) is 32.1 Å². The van der Waals surface area contributed by atoms with Crippen LogP contribution in [0.5, 0.6) is 0 Å². The minimum absolute atomic E-state index is 0.978. The molecular formula is C20H25N. The van der Waals surface area contributed by atoms with Gasteiger partial charge in [0, 0.05) is 5.69 Å². The topological polar surface area (TPSA) is 12.9 Å². The van der Waals surface area contributed by atoms with E-state index in [1.165, 1.54) is 17.5 Å². The summed E-state index contributed by atoms with van der Waals surface area (Å²) < 4.78 is 0. The quantitative estimate of drug-likeness (QED) is 0.622. The van der Waals surface area contributed by atoms with Gasteiger partial charge in [0.25, 0.3) is 0 Å². The number of hydrogen-bond donors (Lipinski definition) is 0. The van der Waals surface area contributed by atoms with Gasteiger partial charge in [-0.15, -0.1) is 0 Å². The van der Waals surface area contributed by atoms with Gasteiger partial charge in [-0.05, 0) is 42.7 Å². The summed E-state index contributed by atoms with van der Waals surface area (Å²) in [7, 11) is 0. The molecule has 0 unspecified atom stereocenters. The zero-order chi connectivity index (χ0) is 15.7. The molecule has 2 rings (SSSR count). The first-order chi connectivity index (χ1) is 10.2. The van der Waals surface area contributed by atoms with E-state index in [2.05, 4.69) is 61.8 Å². The Labute approximate surface area is 129 Å². The summed E-state index contributed by atoms with van der Waals surface area (Å²) in [5.74, 6) is 0. The van der Waals surface area contributed by atoms with Gasteiger partial charge in [0.15, 0.2) is 0 Å².